The molecule has 2 atom stereocenters. The van der Waals surface area contributed by atoms with Crippen molar-refractivity contribution in [3.8, 4) is 0 Å². The van der Waals surface area contributed by atoms with Crippen molar-refractivity contribution in [1.29, 1.82) is 0 Å². The Bertz CT molecular complexity index is 734. The number of hydrogen-bond donors (Lipinski definition) is 0. The van der Waals surface area contributed by atoms with Crippen LogP contribution in [0.2, 0.25) is 5.02 Å². The van der Waals surface area contributed by atoms with Gasteiger partial charge in [-0.3, -0.25) is 4.79 Å². The Hall–Kier alpha value is -1.74. The fourth-order valence-electron chi connectivity index (χ4n) is 3.11. The molecule has 0 radical (unpaired) electrons. The molecule has 1 heterocycles. The van der Waals surface area contributed by atoms with Gasteiger partial charge in [0.25, 0.3) is 5.91 Å². The molecule has 1 aromatic carbocycles. The van der Waals surface area contributed by atoms with Crippen molar-refractivity contribution >= 4 is 17.5 Å². The molecular formula is C19H20ClNO2. The molecule has 3 nitrogen and oxygen atoms in total. The number of rotatable bonds is 5. The normalized spacial score (nSPS) is 22.9. The van der Waals surface area contributed by atoms with E-state index in [9.17, 15) is 4.79 Å². The second-order valence-corrected chi connectivity index (χ2v) is 7.23. The third-order valence-electron chi connectivity index (χ3n) is 4.80. The summed E-state index contributed by atoms with van der Waals surface area (Å²) in [5.41, 5.74) is 0.645. The summed E-state index contributed by atoms with van der Waals surface area (Å²) in [5, 5.41) is 0.592. The SMILES string of the molecule is CC1CC1c1ccc(CN(C(=O)c2cccc(Cl)c2)C2CC2)o1. The van der Waals surface area contributed by atoms with E-state index in [0.29, 0.717) is 29.1 Å². The highest BCUT2D eigenvalue weighted by atomic mass is 35.5. The molecule has 0 saturated heterocycles. The van der Waals surface area contributed by atoms with Crippen molar-refractivity contribution in [2.24, 2.45) is 5.92 Å². The van der Waals surface area contributed by atoms with Gasteiger partial charge in [0, 0.05) is 22.5 Å². The lowest BCUT2D eigenvalue weighted by molar-refractivity contribution is 0.0716. The zero-order chi connectivity index (χ0) is 16.0. The predicted octanol–water partition coefficient (Wildman–Crippen LogP) is 4.86. The van der Waals surface area contributed by atoms with E-state index in [1.54, 1.807) is 12.1 Å². The molecule has 2 aromatic rings. The fourth-order valence-corrected chi connectivity index (χ4v) is 3.30. The van der Waals surface area contributed by atoms with E-state index >= 15 is 0 Å². The minimum atomic E-state index is 0.0349. The molecule has 2 unspecified atom stereocenters. The van der Waals surface area contributed by atoms with E-state index in [1.807, 2.05) is 23.1 Å². The van der Waals surface area contributed by atoms with Crippen LogP contribution in [0.1, 0.15) is 54.0 Å². The lowest BCUT2D eigenvalue weighted by Gasteiger charge is -2.21. The van der Waals surface area contributed by atoms with Gasteiger partial charge in [-0.05, 0) is 55.5 Å². The van der Waals surface area contributed by atoms with E-state index in [-0.39, 0.29) is 5.91 Å². The molecule has 4 heteroatoms. The predicted molar refractivity (Wildman–Crippen MR) is 89.6 cm³/mol. The summed E-state index contributed by atoms with van der Waals surface area (Å²) < 4.78 is 5.98. The molecule has 1 amide bonds. The quantitative estimate of drug-likeness (QED) is 0.784. The van der Waals surface area contributed by atoms with Gasteiger partial charge in [0.15, 0.2) is 0 Å². The van der Waals surface area contributed by atoms with Gasteiger partial charge in [0.2, 0.25) is 0 Å². The lowest BCUT2D eigenvalue weighted by Crippen LogP contribution is -2.32. The molecule has 2 aliphatic rings. The van der Waals surface area contributed by atoms with Crippen LogP contribution in [-0.4, -0.2) is 16.8 Å². The summed E-state index contributed by atoms with van der Waals surface area (Å²) in [4.78, 5) is 14.7. The van der Waals surface area contributed by atoms with E-state index < -0.39 is 0 Å². The van der Waals surface area contributed by atoms with Crippen molar-refractivity contribution in [3.63, 3.8) is 0 Å². The van der Waals surface area contributed by atoms with Gasteiger partial charge in [-0.1, -0.05) is 24.6 Å². The molecule has 2 saturated carbocycles. The van der Waals surface area contributed by atoms with Crippen molar-refractivity contribution in [1.82, 2.24) is 4.90 Å². The minimum Gasteiger partial charge on any atom is -0.464 e. The summed E-state index contributed by atoms with van der Waals surface area (Å²) in [6, 6.07) is 11.6. The van der Waals surface area contributed by atoms with Crippen LogP contribution in [0, 0.1) is 5.92 Å². The first-order chi connectivity index (χ1) is 11.1. The zero-order valence-electron chi connectivity index (χ0n) is 13.2. The lowest BCUT2D eigenvalue weighted by atomic mass is 10.2. The number of nitrogens with zero attached hydrogens (tertiary/aromatic N) is 1. The largest absolute Gasteiger partial charge is 0.464 e. The van der Waals surface area contributed by atoms with Crippen LogP contribution in [0.5, 0.6) is 0 Å². The first-order valence-electron chi connectivity index (χ1n) is 8.27. The standard InChI is InChI=1S/C19H20ClNO2/c1-12-9-17(12)18-8-7-16(23-18)11-21(15-5-6-15)19(22)13-3-2-4-14(20)10-13/h2-4,7-8,10,12,15,17H,5-6,9,11H2,1H3. The highest BCUT2D eigenvalue weighted by Gasteiger charge is 2.37. The minimum absolute atomic E-state index is 0.0349. The average molecular weight is 330 g/mol. The van der Waals surface area contributed by atoms with Gasteiger partial charge >= 0.3 is 0 Å². The number of furan rings is 1. The Morgan fingerprint density at radius 1 is 1.30 bits per heavy atom. The number of halogens is 1. The first-order valence-corrected chi connectivity index (χ1v) is 8.65. The fraction of sp³-hybridized carbons (Fsp3) is 0.421. The maximum Gasteiger partial charge on any atom is 0.254 e. The molecule has 2 aliphatic carbocycles. The summed E-state index contributed by atoms with van der Waals surface area (Å²) in [6.45, 7) is 2.78. The van der Waals surface area contributed by atoms with Gasteiger partial charge in [-0.25, -0.2) is 0 Å². The average Bonchev–Trinajstić information content (AvgIpc) is 3.45. The van der Waals surface area contributed by atoms with Crippen molar-refractivity contribution < 1.29 is 9.21 Å². The molecule has 1 aromatic heterocycles. The van der Waals surface area contributed by atoms with Crippen LogP contribution in [0.25, 0.3) is 0 Å². The van der Waals surface area contributed by atoms with E-state index in [1.165, 1.54) is 6.42 Å². The third kappa shape index (κ3) is 3.16. The molecule has 0 bridgehead atoms. The Morgan fingerprint density at radius 3 is 2.74 bits per heavy atom. The molecule has 0 spiro atoms. The van der Waals surface area contributed by atoms with Crippen molar-refractivity contribution in [3.05, 3.63) is 58.5 Å². The topological polar surface area (TPSA) is 33.5 Å². The van der Waals surface area contributed by atoms with Crippen LogP contribution < -0.4 is 0 Å². The van der Waals surface area contributed by atoms with Crippen molar-refractivity contribution in [2.75, 3.05) is 0 Å². The van der Waals surface area contributed by atoms with Gasteiger partial charge in [-0.15, -0.1) is 0 Å². The monoisotopic (exact) mass is 329 g/mol. The number of carbonyl (C=O) groups is 1. The zero-order valence-corrected chi connectivity index (χ0v) is 13.9. The molecule has 4 rings (SSSR count). The molecule has 0 N–H and O–H groups in total. The van der Waals surface area contributed by atoms with Crippen LogP contribution in [-0.2, 0) is 6.54 Å². The molecule has 120 valence electrons. The summed E-state index contributed by atoms with van der Waals surface area (Å²) in [6.07, 6.45) is 3.35. The summed E-state index contributed by atoms with van der Waals surface area (Å²) in [5.74, 6) is 3.27. The maximum absolute atomic E-state index is 12.8. The molecule has 23 heavy (non-hydrogen) atoms. The first kappa shape index (κ1) is 14.8. The van der Waals surface area contributed by atoms with Gasteiger partial charge in [0.05, 0.1) is 6.54 Å². The second kappa shape index (κ2) is 5.72. The van der Waals surface area contributed by atoms with Gasteiger partial charge in [-0.2, -0.15) is 0 Å². The van der Waals surface area contributed by atoms with E-state index in [2.05, 4.69) is 13.0 Å². The van der Waals surface area contributed by atoms with Crippen LogP contribution in [0.4, 0.5) is 0 Å². The Labute approximate surface area is 141 Å². The third-order valence-corrected chi connectivity index (χ3v) is 5.04. The highest BCUT2D eigenvalue weighted by molar-refractivity contribution is 6.30. The van der Waals surface area contributed by atoms with Crippen molar-refractivity contribution in [2.45, 2.75) is 44.7 Å². The summed E-state index contributed by atoms with van der Waals surface area (Å²) >= 11 is 6.02. The highest BCUT2D eigenvalue weighted by Crippen LogP contribution is 2.47. The van der Waals surface area contributed by atoms with Gasteiger partial charge in [0.1, 0.15) is 11.5 Å². The Balaban J connectivity index is 1.52. The summed E-state index contributed by atoms with van der Waals surface area (Å²) in [7, 11) is 0. The number of amides is 1. The van der Waals surface area contributed by atoms with Crippen LogP contribution in [0.15, 0.2) is 40.8 Å². The number of carbonyl (C=O) groups excluding carboxylic acids is 1. The Morgan fingerprint density at radius 2 is 2.09 bits per heavy atom. The van der Waals surface area contributed by atoms with E-state index in [0.717, 1.165) is 30.3 Å². The van der Waals surface area contributed by atoms with Crippen LogP contribution >= 0.6 is 11.6 Å². The second-order valence-electron chi connectivity index (χ2n) is 6.80. The smallest absolute Gasteiger partial charge is 0.254 e. The number of hydrogen-bond acceptors (Lipinski definition) is 2. The molecule has 2 fully saturated rings. The molecule has 0 aliphatic heterocycles. The Kier molecular flexibility index (Phi) is 3.68. The maximum atomic E-state index is 12.8. The number of benzene rings is 1. The van der Waals surface area contributed by atoms with Gasteiger partial charge < -0.3 is 9.32 Å². The molecular weight excluding hydrogens is 310 g/mol. The van der Waals surface area contributed by atoms with E-state index in [4.69, 9.17) is 16.0 Å². The van der Waals surface area contributed by atoms with Crippen LogP contribution in [0.3, 0.4) is 0 Å².